The predicted octanol–water partition coefficient (Wildman–Crippen LogP) is 2.67. The monoisotopic (exact) mass is 301 g/mol. The highest BCUT2D eigenvalue weighted by Crippen LogP contribution is 2.31. The van der Waals surface area contributed by atoms with E-state index >= 15 is 0 Å². The van der Waals surface area contributed by atoms with Crippen LogP contribution >= 0.6 is 11.3 Å². The lowest BCUT2D eigenvalue weighted by Gasteiger charge is -2.11. The van der Waals surface area contributed by atoms with E-state index in [1.54, 1.807) is 11.7 Å². The maximum Gasteiger partial charge on any atom is 0.416 e. The molecule has 0 saturated heterocycles. The van der Waals surface area contributed by atoms with Gasteiger partial charge in [-0.1, -0.05) is 0 Å². The zero-order chi connectivity index (χ0) is 14.8. The fourth-order valence-corrected chi connectivity index (χ4v) is 2.06. The second-order valence-corrected chi connectivity index (χ2v) is 4.92. The summed E-state index contributed by atoms with van der Waals surface area (Å²) >= 11 is 1.33. The standard InChI is InChI=1S/C12H10F3N3OS/c13-12(14,15)7-1-2-10(16)9(3-7)11(19)18-5-8-4-17-6-20-8/h1-4,6H,5,16H2,(H,18,19). The molecule has 0 aliphatic carbocycles. The molecule has 0 saturated carbocycles. The summed E-state index contributed by atoms with van der Waals surface area (Å²) in [4.78, 5) is 16.5. The smallest absolute Gasteiger partial charge is 0.398 e. The summed E-state index contributed by atoms with van der Waals surface area (Å²) < 4.78 is 37.8. The number of nitrogen functional groups attached to an aromatic ring is 1. The Morgan fingerprint density at radius 3 is 2.75 bits per heavy atom. The molecule has 0 unspecified atom stereocenters. The lowest BCUT2D eigenvalue weighted by Crippen LogP contribution is -2.24. The number of benzene rings is 1. The minimum absolute atomic E-state index is 0.000181. The van der Waals surface area contributed by atoms with Crippen LogP contribution in [0.4, 0.5) is 18.9 Å². The molecule has 1 aromatic carbocycles. The third-order valence-corrected chi connectivity index (χ3v) is 3.31. The largest absolute Gasteiger partial charge is 0.416 e. The van der Waals surface area contributed by atoms with Gasteiger partial charge in [0.1, 0.15) is 0 Å². The van der Waals surface area contributed by atoms with Crippen molar-refractivity contribution in [3.05, 3.63) is 45.9 Å². The third-order valence-electron chi connectivity index (χ3n) is 2.53. The molecular weight excluding hydrogens is 291 g/mol. The molecule has 0 fully saturated rings. The van der Waals surface area contributed by atoms with Gasteiger partial charge in [0.25, 0.3) is 5.91 Å². The number of carbonyl (C=O) groups excluding carboxylic acids is 1. The molecule has 0 aliphatic heterocycles. The lowest BCUT2D eigenvalue weighted by molar-refractivity contribution is -0.137. The second-order valence-electron chi connectivity index (χ2n) is 3.95. The van der Waals surface area contributed by atoms with E-state index in [1.165, 1.54) is 11.3 Å². The number of rotatable bonds is 3. The normalized spacial score (nSPS) is 11.3. The molecule has 2 aromatic rings. The topological polar surface area (TPSA) is 68.0 Å². The highest BCUT2D eigenvalue weighted by atomic mass is 32.1. The van der Waals surface area contributed by atoms with E-state index in [1.807, 2.05) is 0 Å². The quantitative estimate of drug-likeness (QED) is 0.856. The first kappa shape index (κ1) is 14.3. The number of thiazole rings is 1. The van der Waals surface area contributed by atoms with E-state index in [-0.39, 0.29) is 17.8 Å². The number of carbonyl (C=O) groups is 1. The van der Waals surface area contributed by atoms with Gasteiger partial charge in [-0.25, -0.2) is 0 Å². The molecule has 20 heavy (non-hydrogen) atoms. The Morgan fingerprint density at radius 1 is 1.40 bits per heavy atom. The summed E-state index contributed by atoms with van der Waals surface area (Å²) in [7, 11) is 0. The number of halogens is 3. The van der Waals surface area contributed by atoms with Gasteiger partial charge in [0.2, 0.25) is 0 Å². The summed E-state index contributed by atoms with van der Waals surface area (Å²) in [6.45, 7) is 0.194. The number of nitrogens with one attached hydrogen (secondary N) is 1. The van der Waals surface area contributed by atoms with Crippen molar-refractivity contribution in [2.24, 2.45) is 0 Å². The van der Waals surface area contributed by atoms with Gasteiger partial charge in [0, 0.05) is 16.8 Å². The van der Waals surface area contributed by atoms with Crippen LogP contribution in [0, 0.1) is 0 Å². The average Bonchev–Trinajstić information content (AvgIpc) is 2.88. The van der Waals surface area contributed by atoms with Gasteiger partial charge in [0.05, 0.1) is 23.2 Å². The van der Waals surface area contributed by atoms with Gasteiger partial charge in [-0.15, -0.1) is 11.3 Å². The van der Waals surface area contributed by atoms with Crippen molar-refractivity contribution >= 4 is 22.9 Å². The Morgan fingerprint density at radius 2 is 2.15 bits per heavy atom. The molecule has 8 heteroatoms. The molecule has 1 aromatic heterocycles. The SMILES string of the molecule is Nc1ccc(C(F)(F)F)cc1C(=O)NCc1cncs1. The lowest BCUT2D eigenvalue weighted by atomic mass is 10.1. The van der Waals surface area contributed by atoms with Gasteiger partial charge < -0.3 is 11.1 Å². The minimum Gasteiger partial charge on any atom is -0.398 e. The van der Waals surface area contributed by atoms with E-state index in [9.17, 15) is 18.0 Å². The van der Waals surface area contributed by atoms with E-state index in [0.717, 1.165) is 23.1 Å². The van der Waals surface area contributed by atoms with Crippen molar-refractivity contribution in [1.29, 1.82) is 0 Å². The Labute approximate surface area is 116 Å². The maximum atomic E-state index is 12.6. The fraction of sp³-hybridized carbons (Fsp3) is 0.167. The van der Waals surface area contributed by atoms with Crippen LogP contribution in [0.15, 0.2) is 29.9 Å². The van der Waals surface area contributed by atoms with Gasteiger partial charge >= 0.3 is 6.18 Å². The molecule has 0 spiro atoms. The third kappa shape index (κ3) is 3.27. The number of hydrogen-bond acceptors (Lipinski definition) is 4. The van der Waals surface area contributed by atoms with E-state index in [4.69, 9.17) is 5.73 Å². The van der Waals surface area contributed by atoms with E-state index < -0.39 is 17.6 Å². The molecule has 1 amide bonds. The first-order chi connectivity index (χ1) is 9.38. The Balaban J connectivity index is 2.16. The summed E-state index contributed by atoms with van der Waals surface area (Å²) in [6.07, 6.45) is -2.94. The zero-order valence-electron chi connectivity index (χ0n) is 10.1. The minimum atomic E-state index is -4.51. The van der Waals surface area contributed by atoms with Gasteiger partial charge in [-0.2, -0.15) is 13.2 Å². The van der Waals surface area contributed by atoms with Gasteiger partial charge in [-0.3, -0.25) is 9.78 Å². The van der Waals surface area contributed by atoms with Crippen molar-refractivity contribution in [2.75, 3.05) is 5.73 Å². The predicted molar refractivity (Wildman–Crippen MR) is 69.1 cm³/mol. The number of anilines is 1. The van der Waals surface area contributed by atoms with E-state index in [2.05, 4.69) is 10.3 Å². The summed E-state index contributed by atoms with van der Waals surface area (Å²) in [6, 6.07) is 2.66. The Hall–Kier alpha value is -2.09. The van der Waals surface area contributed by atoms with Crippen molar-refractivity contribution in [3.8, 4) is 0 Å². The summed E-state index contributed by atoms with van der Waals surface area (Å²) in [5, 5.41) is 2.50. The number of aromatic nitrogens is 1. The number of amides is 1. The molecule has 106 valence electrons. The van der Waals surface area contributed by atoms with Gasteiger partial charge in [0.15, 0.2) is 0 Å². The zero-order valence-corrected chi connectivity index (χ0v) is 10.9. The fourth-order valence-electron chi connectivity index (χ4n) is 1.52. The molecule has 0 atom stereocenters. The number of hydrogen-bond donors (Lipinski definition) is 2. The first-order valence-electron chi connectivity index (χ1n) is 5.50. The summed E-state index contributed by atoms with van der Waals surface area (Å²) in [5.41, 5.74) is 6.04. The molecule has 0 bridgehead atoms. The Kier molecular flexibility index (Phi) is 3.93. The van der Waals surface area contributed by atoms with Crippen molar-refractivity contribution < 1.29 is 18.0 Å². The van der Waals surface area contributed by atoms with Crippen LogP contribution in [0.3, 0.4) is 0 Å². The number of nitrogens with zero attached hydrogens (tertiary/aromatic N) is 1. The van der Waals surface area contributed by atoms with Gasteiger partial charge in [-0.05, 0) is 18.2 Å². The molecule has 4 nitrogen and oxygen atoms in total. The molecule has 2 rings (SSSR count). The van der Waals surface area contributed by atoms with Crippen LogP contribution in [-0.4, -0.2) is 10.9 Å². The van der Waals surface area contributed by atoms with Crippen LogP contribution in [-0.2, 0) is 12.7 Å². The Bertz CT molecular complexity index is 611. The van der Waals surface area contributed by atoms with Crippen molar-refractivity contribution in [3.63, 3.8) is 0 Å². The van der Waals surface area contributed by atoms with Crippen LogP contribution in [0.2, 0.25) is 0 Å². The van der Waals surface area contributed by atoms with Crippen molar-refractivity contribution in [2.45, 2.75) is 12.7 Å². The molecule has 1 heterocycles. The van der Waals surface area contributed by atoms with Crippen LogP contribution in [0.25, 0.3) is 0 Å². The van der Waals surface area contributed by atoms with Crippen molar-refractivity contribution in [1.82, 2.24) is 10.3 Å². The highest BCUT2D eigenvalue weighted by Gasteiger charge is 2.31. The number of alkyl halides is 3. The van der Waals surface area contributed by atoms with Crippen LogP contribution in [0.1, 0.15) is 20.8 Å². The first-order valence-corrected chi connectivity index (χ1v) is 6.38. The summed E-state index contributed by atoms with van der Waals surface area (Å²) in [5.74, 6) is -0.651. The van der Waals surface area contributed by atoms with E-state index in [0.29, 0.717) is 0 Å². The average molecular weight is 301 g/mol. The van der Waals surface area contributed by atoms with Crippen LogP contribution < -0.4 is 11.1 Å². The van der Waals surface area contributed by atoms with Crippen LogP contribution in [0.5, 0.6) is 0 Å². The molecular formula is C12H10F3N3OS. The second kappa shape index (κ2) is 5.49. The maximum absolute atomic E-state index is 12.6. The highest BCUT2D eigenvalue weighted by molar-refractivity contribution is 7.09. The molecule has 0 radical (unpaired) electrons. The number of nitrogens with two attached hydrogens (primary N) is 1. The molecule has 3 N–H and O–H groups in total. The molecule has 0 aliphatic rings.